The molecule has 130 valence electrons. The van der Waals surface area contributed by atoms with E-state index in [1.165, 1.54) is 32.1 Å². The number of ether oxygens (including phenoxy) is 1. The van der Waals surface area contributed by atoms with Gasteiger partial charge in [-0.3, -0.25) is 0 Å². The molecule has 24 heavy (non-hydrogen) atoms. The number of hydrogen-bond donors (Lipinski definition) is 1. The van der Waals surface area contributed by atoms with Crippen LogP contribution in [0.2, 0.25) is 0 Å². The molecule has 0 radical (unpaired) electrons. The minimum absolute atomic E-state index is 0.242. The van der Waals surface area contributed by atoms with Gasteiger partial charge < -0.3 is 9.84 Å². The van der Waals surface area contributed by atoms with Crippen molar-refractivity contribution in [3.05, 3.63) is 46.9 Å². The Morgan fingerprint density at radius 1 is 1.29 bits per heavy atom. The highest BCUT2D eigenvalue weighted by atomic mass is 32.2. The van der Waals surface area contributed by atoms with Crippen LogP contribution in [0.4, 0.5) is 0 Å². The molecule has 1 aromatic rings. The summed E-state index contributed by atoms with van der Waals surface area (Å²) in [5, 5.41) is 9.36. The standard InChI is InChI=1S/C20H26O3S/c1-4-14(2)24-15(3)17-10-18(20(21)22)12-19(11-17)23-13-16-8-6-5-7-9-16/h4,10-12,16H,3,5-9,13H2,1-2H3,(H,21,22)/b14-4-. The van der Waals surface area contributed by atoms with Crippen molar-refractivity contribution in [2.24, 2.45) is 5.92 Å². The van der Waals surface area contributed by atoms with Crippen molar-refractivity contribution >= 4 is 22.6 Å². The summed E-state index contributed by atoms with van der Waals surface area (Å²) in [6.07, 6.45) is 8.27. The topological polar surface area (TPSA) is 46.5 Å². The predicted molar refractivity (Wildman–Crippen MR) is 102 cm³/mol. The average Bonchev–Trinajstić information content (AvgIpc) is 2.60. The summed E-state index contributed by atoms with van der Waals surface area (Å²) in [6, 6.07) is 5.16. The molecule has 4 heteroatoms. The molecule has 1 aromatic carbocycles. The molecule has 0 atom stereocenters. The highest BCUT2D eigenvalue weighted by Crippen LogP contribution is 2.34. The fourth-order valence-corrected chi connectivity index (χ4v) is 3.59. The van der Waals surface area contributed by atoms with E-state index in [0.717, 1.165) is 15.4 Å². The van der Waals surface area contributed by atoms with Crippen molar-refractivity contribution in [2.45, 2.75) is 46.0 Å². The number of carbonyl (C=O) groups is 1. The predicted octanol–water partition coefficient (Wildman–Crippen LogP) is 5.97. The van der Waals surface area contributed by atoms with Crippen LogP contribution in [0.5, 0.6) is 5.75 Å². The fourth-order valence-electron chi connectivity index (χ4n) is 2.85. The number of thioether (sulfide) groups is 1. The van der Waals surface area contributed by atoms with E-state index in [1.54, 1.807) is 23.9 Å². The van der Waals surface area contributed by atoms with Gasteiger partial charge in [0.25, 0.3) is 0 Å². The zero-order chi connectivity index (χ0) is 17.5. The Morgan fingerprint density at radius 3 is 2.58 bits per heavy atom. The maximum absolute atomic E-state index is 11.4. The summed E-state index contributed by atoms with van der Waals surface area (Å²) in [4.78, 5) is 13.4. The molecule has 3 nitrogen and oxygen atoms in total. The molecule has 0 heterocycles. The Morgan fingerprint density at radius 2 is 1.96 bits per heavy atom. The first-order valence-electron chi connectivity index (χ1n) is 8.51. The van der Waals surface area contributed by atoms with E-state index >= 15 is 0 Å². The second-order valence-electron chi connectivity index (χ2n) is 6.29. The van der Waals surface area contributed by atoms with Gasteiger partial charge in [-0.15, -0.1) is 0 Å². The summed E-state index contributed by atoms with van der Waals surface area (Å²) in [5.41, 5.74) is 1.05. The Bertz CT molecular complexity index is 628. The normalized spacial score (nSPS) is 16.0. The lowest BCUT2D eigenvalue weighted by molar-refractivity contribution is 0.0696. The molecule has 1 aliphatic carbocycles. The molecule has 0 aliphatic heterocycles. The van der Waals surface area contributed by atoms with Crippen LogP contribution < -0.4 is 4.74 Å². The Balaban J connectivity index is 2.14. The molecule has 0 spiro atoms. The molecule has 1 saturated carbocycles. The van der Waals surface area contributed by atoms with Crippen molar-refractivity contribution in [3.63, 3.8) is 0 Å². The highest BCUT2D eigenvalue weighted by molar-refractivity contribution is 8.11. The van der Waals surface area contributed by atoms with Gasteiger partial charge in [0.1, 0.15) is 5.75 Å². The van der Waals surface area contributed by atoms with Gasteiger partial charge >= 0.3 is 5.97 Å². The third-order valence-corrected chi connectivity index (χ3v) is 5.42. The lowest BCUT2D eigenvalue weighted by Crippen LogP contribution is -2.15. The number of carboxylic acids is 1. The molecule has 0 unspecified atom stereocenters. The monoisotopic (exact) mass is 346 g/mol. The van der Waals surface area contributed by atoms with Gasteiger partial charge in [0.05, 0.1) is 12.2 Å². The van der Waals surface area contributed by atoms with E-state index in [4.69, 9.17) is 4.74 Å². The Hall–Kier alpha value is -1.68. The number of benzene rings is 1. The average molecular weight is 346 g/mol. The highest BCUT2D eigenvalue weighted by Gasteiger charge is 2.15. The molecule has 1 fully saturated rings. The Labute approximate surface area is 148 Å². The summed E-state index contributed by atoms with van der Waals surface area (Å²) in [6.45, 7) is 8.73. The van der Waals surface area contributed by atoms with Gasteiger partial charge in [-0.2, -0.15) is 0 Å². The van der Waals surface area contributed by atoms with Crippen LogP contribution in [0.15, 0.2) is 35.8 Å². The van der Waals surface area contributed by atoms with E-state index < -0.39 is 5.97 Å². The summed E-state index contributed by atoms with van der Waals surface area (Å²) in [5.74, 6) is 0.258. The molecule has 1 aliphatic rings. The first kappa shape index (κ1) is 18.7. The third kappa shape index (κ3) is 5.45. The third-order valence-electron chi connectivity index (χ3n) is 4.38. The van der Waals surface area contributed by atoms with E-state index in [1.807, 2.05) is 26.0 Å². The number of hydrogen-bond acceptors (Lipinski definition) is 3. The van der Waals surface area contributed by atoms with E-state index in [2.05, 4.69) is 6.58 Å². The smallest absolute Gasteiger partial charge is 0.335 e. The van der Waals surface area contributed by atoms with Gasteiger partial charge in [0, 0.05) is 4.91 Å². The van der Waals surface area contributed by atoms with Crippen LogP contribution in [-0.2, 0) is 0 Å². The van der Waals surface area contributed by atoms with E-state index in [0.29, 0.717) is 18.3 Å². The van der Waals surface area contributed by atoms with Gasteiger partial charge in [0.15, 0.2) is 0 Å². The molecule has 0 bridgehead atoms. The van der Waals surface area contributed by atoms with Crippen LogP contribution in [0, 0.1) is 5.92 Å². The number of aromatic carboxylic acids is 1. The van der Waals surface area contributed by atoms with Gasteiger partial charge in [-0.25, -0.2) is 4.79 Å². The zero-order valence-electron chi connectivity index (χ0n) is 14.5. The quantitative estimate of drug-likeness (QED) is 0.660. The molecule has 0 amide bonds. The van der Waals surface area contributed by atoms with Crippen molar-refractivity contribution in [1.82, 2.24) is 0 Å². The minimum atomic E-state index is -0.945. The van der Waals surface area contributed by atoms with Gasteiger partial charge in [0.2, 0.25) is 0 Å². The van der Waals surface area contributed by atoms with Crippen LogP contribution in [0.3, 0.4) is 0 Å². The molecular weight excluding hydrogens is 320 g/mol. The van der Waals surface area contributed by atoms with Gasteiger partial charge in [-0.1, -0.05) is 43.7 Å². The molecule has 2 rings (SSSR count). The maximum Gasteiger partial charge on any atom is 0.335 e. The minimum Gasteiger partial charge on any atom is -0.493 e. The zero-order valence-corrected chi connectivity index (χ0v) is 15.3. The number of carboxylic acid groups (broad SMARTS) is 1. The lowest BCUT2D eigenvalue weighted by Gasteiger charge is -2.22. The summed E-state index contributed by atoms with van der Waals surface area (Å²) >= 11 is 1.55. The van der Waals surface area contributed by atoms with Crippen LogP contribution >= 0.6 is 11.8 Å². The Kier molecular flexibility index (Phi) is 6.98. The van der Waals surface area contributed by atoms with Crippen molar-refractivity contribution in [3.8, 4) is 5.75 Å². The molecular formula is C20H26O3S. The van der Waals surface area contributed by atoms with Crippen molar-refractivity contribution in [1.29, 1.82) is 0 Å². The summed E-state index contributed by atoms with van der Waals surface area (Å²) in [7, 11) is 0. The van der Waals surface area contributed by atoms with Gasteiger partial charge in [-0.05, 0) is 61.3 Å². The van der Waals surface area contributed by atoms with Crippen molar-refractivity contribution < 1.29 is 14.6 Å². The first-order valence-corrected chi connectivity index (χ1v) is 9.32. The summed E-state index contributed by atoms with van der Waals surface area (Å²) < 4.78 is 5.93. The second kappa shape index (κ2) is 8.97. The van der Waals surface area contributed by atoms with E-state index in [-0.39, 0.29) is 5.56 Å². The fraction of sp³-hybridized carbons (Fsp3) is 0.450. The largest absolute Gasteiger partial charge is 0.493 e. The molecule has 1 N–H and O–H groups in total. The van der Waals surface area contributed by atoms with Crippen LogP contribution in [-0.4, -0.2) is 17.7 Å². The van der Waals surface area contributed by atoms with Crippen molar-refractivity contribution in [2.75, 3.05) is 6.61 Å². The maximum atomic E-state index is 11.4. The number of allylic oxidation sites excluding steroid dienone is 2. The van der Waals surface area contributed by atoms with Crippen LogP contribution in [0.25, 0.3) is 4.91 Å². The lowest BCUT2D eigenvalue weighted by atomic mass is 9.90. The first-order chi connectivity index (χ1) is 11.5. The SMILES string of the molecule is C=C(S/C(C)=C\C)c1cc(OCC2CCCCC2)cc(C(=O)O)c1. The second-order valence-corrected chi connectivity index (χ2v) is 7.63. The molecule has 0 saturated heterocycles. The molecule has 0 aromatic heterocycles. The van der Waals surface area contributed by atoms with E-state index in [9.17, 15) is 9.90 Å². The van der Waals surface area contributed by atoms with Crippen LogP contribution in [0.1, 0.15) is 61.9 Å². The number of rotatable bonds is 7.